The Morgan fingerprint density at radius 1 is 1.17 bits per heavy atom. The Labute approximate surface area is 104 Å². The van der Waals surface area contributed by atoms with Gasteiger partial charge in [-0.2, -0.15) is 16.8 Å². The topological polar surface area (TPSA) is 144 Å². The summed E-state index contributed by atoms with van der Waals surface area (Å²) in [5.41, 5.74) is 5.18. The molecule has 0 saturated carbocycles. The molecule has 1 rings (SSSR count). The quantitative estimate of drug-likeness (QED) is 0.500. The average molecular weight is 297 g/mol. The van der Waals surface area contributed by atoms with Crippen LogP contribution in [0.25, 0.3) is 0 Å². The number of nitrogens with two attached hydrogens (primary N) is 1. The van der Waals surface area contributed by atoms with Gasteiger partial charge < -0.3 is 10.5 Å². The number of benzene rings is 1. The first kappa shape index (κ1) is 14.7. The van der Waals surface area contributed by atoms with Crippen molar-refractivity contribution in [2.24, 2.45) is 0 Å². The minimum absolute atomic E-state index is 0.000440. The number of rotatable bonds is 5. The maximum absolute atomic E-state index is 10.9. The molecule has 0 aliphatic heterocycles. The summed E-state index contributed by atoms with van der Waals surface area (Å²) in [7, 11) is -8.64. The monoisotopic (exact) mass is 297 g/mol. The zero-order valence-electron chi connectivity index (χ0n) is 8.98. The van der Waals surface area contributed by atoms with Crippen LogP contribution in [0.2, 0.25) is 0 Å². The Morgan fingerprint density at radius 3 is 2.28 bits per heavy atom. The summed E-state index contributed by atoms with van der Waals surface area (Å²) in [6, 6.07) is 3.44. The van der Waals surface area contributed by atoms with E-state index in [9.17, 15) is 16.8 Å². The largest absolute Gasteiger partial charge is 0.492 e. The number of hydrogen-bond donors (Lipinski definition) is 3. The highest BCUT2D eigenvalue weighted by molar-refractivity contribution is 7.86. The van der Waals surface area contributed by atoms with Crippen LogP contribution in [-0.4, -0.2) is 38.3 Å². The van der Waals surface area contributed by atoms with Crippen LogP contribution >= 0.6 is 0 Å². The van der Waals surface area contributed by atoms with Gasteiger partial charge in [-0.05, 0) is 12.1 Å². The molecule has 0 saturated heterocycles. The molecule has 0 unspecified atom stereocenters. The lowest BCUT2D eigenvalue weighted by atomic mass is 10.3. The molecule has 0 bridgehead atoms. The first-order valence-corrected chi connectivity index (χ1v) is 7.59. The summed E-state index contributed by atoms with van der Waals surface area (Å²) in [6.45, 7) is -0.367. The zero-order valence-corrected chi connectivity index (χ0v) is 10.6. The van der Waals surface area contributed by atoms with Crippen molar-refractivity contribution in [3.8, 4) is 5.75 Å². The molecule has 1 aromatic carbocycles. The summed E-state index contributed by atoms with van der Waals surface area (Å²) in [5, 5.41) is 0. The van der Waals surface area contributed by atoms with Gasteiger partial charge in [-0.25, -0.2) is 0 Å². The van der Waals surface area contributed by atoms with E-state index in [0.29, 0.717) is 0 Å². The second kappa shape index (κ2) is 5.10. The van der Waals surface area contributed by atoms with E-state index in [-0.39, 0.29) is 18.0 Å². The molecular formula is C8H11NO7S2. The number of hydrogen-bond acceptors (Lipinski definition) is 6. The van der Waals surface area contributed by atoms with Gasteiger partial charge in [0.15, 0.2) is 0 Å². The first-order chi connectivity index (χ1) is 8.09. The fourth-order valence-electron chi connectivity index (χ4n) is 1.09. The molecule has 1 aromatic rings. The van der Waals surface area contributed by atoms with Gasteiger partial charge in [-0.15, -0.1) is 0 Å². The van der Waals surface area contributed by atoms with Crippen molar-refractivity contribution >= 4 is 25.9 Å². The molecule has 0 heterocycles. The standard InChI is InChI=1S/C8H11NO7S2/c9-7-2-1-6(5-8(7)18(13,14)15)16-3-4-17(10,11)12/h1-2,5H,3-4,9H2,(H,10,11,12)(H,13,14,15). The van der Waals surface area contributed by atoms with Crippen molar-refractivity contribution in [1.82, 2.24) is 0 Å². The molecule has 0 atom stereocenters. The molecule has 0 aliphatic rings. The fraction of sp³-hybridized carbons (Fsp3) is 0.250. The van der Waals surface area contributed by atoms with Crippen LogP contribution in [0.5, 0.6) is 5.75 Å². The maximum Gasteiger partial charge on any atom is 0.296 e. The predicted molar refractivity (Wildman–Crippen MR) is 62.6 cm³/mol. The Balaban J connectivity index is 2.87. The molecule has 102 valence electrons. The van der Waals surface area contributed by atoms with Gasteiger partial charge in [0.25, 0.3) is 20.2 Å². The lowest BCUT2D eigenvalue weighted by Gasteiger charge is -2.08. The van der Waals surface area contributed by atoms with E-state index in [1.165, 1.54) is 12.1 Å². The third-order valence-corrected chi connectivity index (χ3v) is 3.46. The predicted octanol–water partition coefficient (Wildman–Crippen LogP) is -0.218. The van der Waals surface area contributed by atoms with E-state index in [2.05, 4.69) is 0 Å². The summed E-state index contributed by atoms with van der Waals surface area (Å²) < 4.78 is 64.9. The van der Waals surface area contributed by atoms with E-state index in [1.54, 1.807) is 0 Å². The first-order valence-electron chi connectivity index (χ1n) is 4.54. The van der Waals surface area contributed by atoms with Gasteiger partial charge in [0.1, 0.15) is 23.0 Å². The van der Waals surface area contributed by atoms with E-state index in [1.807, 2.05) is 0 Å². The Kier molecular flexibility index (Phi) is 4.16. The van der Waals surface area contributed by atoms with E-state index >= 15 is 0 Å². The molecular weight excluding hydrogens is 286 g/mol. The van der Waals surface area contributed by atoms with Crippen molar-refractivity contribution in [3.05, 3.63) is 18.2 Å². The van der Waals surface area contributed by atoms with Crippen LogP contribution in [0.3, 0.4) is 0 Å². The highest BCUT2D eigenvalue weighted by atomic mass is 32.2. The third-order valence-electron chi connectivity index (χ3n) is 1.87. The molecule has 0 amide bonds. The van der Waals surface area contributed by atoms with Gasteiger partial charge in [-0.3, -0.25) is 9.11 Å². The third kappa shape index (κ3) is 4.49. The Hall–Kier alpha value is -1.36. The van der Waals surface area contributed by atoms with Crippen LogP contribution < -0.4 is 10.5 Å². The van der Waals surface area contributed by atoms with Gasteiger partial charge >= 0.3 is 0 Å². The molecule has 18 heavy (non-hydrogen) atoms. The second-order valence-corrected chi connectivity index (χ2v) is 6.27. The van der Waals surface area contributed by atoms with Crippen LogP contribution in [0.15, 0.2) is 23.1 Å². The van der Waals surface area contributed by atoms with Crippen molar-refractivity contribution in [2.75, 3.05) is 18.1 Å². The fourth-order valence-corrected chi connectivity index (χ4v) is 2.02. The summed E-state index contributed by atoms with van der Waals surface area (Å²) in [5.74, 6) is -0.640. The van der Waals surface area contributed by atoms with E-state index in [4.69, 9.17) is 19.6 Å². The molecule has 10 heteroatoms. The van der Waals surface area contributed by atoms with Crippen molar-refractivity contribution in [1.29, 1.82) is 0 Å². The van der Waals surface area contributed by atoms with Gasteiger partial charge in [0, 0.05) is 6.07 Å². The van der Waals surface area contributed by atoms with Crippen molar-refractivity contribution in [3.63, 3.8) is 0 Å². The van der Waals surface area contributed by atoms with Crippen molar-refractivity contribution < 1.29 is 30.7 Å². The second-order valence-electron chi connectivity index (χ2n) is 3.31. The van der Waals surface area contributed by atoms with Gasteiger partial charge in [0.05, 0.1) is 5.69 Å². The molecule has 8 nitrogen and oxygen atoms in total. The minimum Gasteiger partial charge on any atom is -0.492 e. The maximum atomic E-state index is 10.9. The molecule has 0 aromatic heterocycles. The van der Waals surface area contributed by atoms with E-state index in [0.717, 1.165) is 6.07 Å². The lowest BCUT2D eigenvalue weighted by molar-refractivity contribution is 0.335. The highest BCUT2D eigenvalue weighted by Crippen LogP contribution is 2.23. The SMILES string of the molecule is Nc1ccc(OCCS(=O)(=O)O)cc1S(=O)(=O)O. The normalized spacial score (nSPS) is 12.3. The zero-order chi connectivity index (χ0) is 14.0. The summed E-state index contributed by atoms with van der Waals surface area (Å²) in [4.78, 5) is -0.535. The smallest absolute Gasteiger partial charge is 0.296 e. The molecule has 0 radical (unpaired) electrons. The van der Waals surface area contributed by atoms with Crippen molar-refractivity contribution in [2.45, 2.75) is 4.90 Å². The lowest BCUT2D eigenvalue weighted by Crippen LogP contribution is -2.13. The van der Waals surface area contributed by atoms with Crippen LogP contribution in [0.4, 0.5) is 5.69 Å². The molecule has 4 N–H and O–H groups in total. The summed E-state index contributed by atoms with van der Waals surface area (Å²) in [6.07, 6.45) is 0. The average Bonchev–Trinajstić information content (AvgIpc) is 2.17. The minimum atomic E-state index is -4.48. The number of anilines is 1. The number of ether oxygens (including phenoxy) is 1. The Morgan fingerprint density at radius 2 is 1.78 bits per heavy atom. The van der Waals surface area contributed by atoms with Crippen LogP contribution in [0, 0.1) is 0 Å². The molecule has 0 fully saturated rings. The van der Waals surface area contributed by atoms with Crippen LogP contribution in [0.1, 0.15) is 0 Å². The highest BCUT2D eigenvalue weighted by Gasteiger charge is 2.15. The van der Waals surface area contributed by atoms with E-state index < -0.39 is 30.9 Å². The molecule has 0 spiro atoms. The van der Waals surface area contributed by atoms with Gasteiger partial charge in [-0.1, -0.05) is 0 Å². The Bertz CT molecular complexity index is 635. The molecule has 0 aliphatic carbocycles. The van der Waals surface area contributed by atoms with Gasteiger partial charge in [0.2, 0.25) is 0 Å². The van der Waals surface area contributed by atoms with Crippen LogP contribution in [-0.2, 0) is 20.2 Å². The summed E-state index contributed by atoms with van der Waals surface area (Å²) >= 11 is 0. The number of nitrogen functional groups attached to an aromatic ring is 1.